The third-order valence-electron chi connectivity index (χ3n) is 2.32. The van der Waals surface area contributed by atoms with Gasteiger partial charge >= 0.3 is 12.0 Å². The Kier molecular flexibility index (Phi) is 2.21. The maximum atomic E-state index is 5.30. The second-order valence-corrected chi connectivity index (χ2v) is 3.49. The number of benzene rings is 1. The Labute approximate surface area is 96.5 Å². The van der Waals surface area contributed by atoms with E-state index in [0.29, 0.717) is 12.6 Å². The Morgan fingerprint density at radius 1 is 1.24 bits per heavy atom. The third kappa shape index (κ3) is 1.94. The monoisotopic (exact) mass is 234 g/mol. The quantitative estimate of drug-likeness (QED) is 0.817. The SMILES string of the molecule is Nc1nnc(NCc2ccc3c(c2)OCO3)o1. The summed E-state index contributed by atoms with van der Waals surface area (Å²) in [5, 5.41) is 10.2. The molecule has 17 heavy (non-hydrogen) atoms. The molecule has 0 saturated carbocycles. The minimum absolute atomic E-state index is 0.0400. The van der Waals surface area contributed by atoms with E-state index >= 15 is 0 Å². The molecule has 0 saturated heterocycles. The van der Waals surface area contributed by atoms with Gasteiger partial charge in [-0.25, -0.2) is 0 Å². The van der Waals surface area contributed by atoms with Gasteiger partial charge < -0.3 is 24.9 Å². The fourth-order valence-electron chi connectivity index (χ4n) is 1.53. The average Bonchev–Trinajstić information content (AvgIpc) is 2.94. The van der Waals surface area contributed by atoms with E-state index in [4.69, 9.17) is 19.6 Å². The van der Waals surface area contributed by atoms with Crippen LogP contribution in [0.2, 0.25) is 0 Å². The van der Waals surface area contributed by atoms with Crippen molar-refractivity contribution in [3.05, 3.63) is 23.8 Å². The summed E-state index contributed by atoms with van der Waals surface area (Å²) in [6.45, 7) is 0.810. The molecule has 7 heteroatoms. The number of nitrogens with zero attached hydrogens (tertiary/aromatic N) is 2. The van der Waals surface area contributed by atoms with Crippen molar-refractivity contribution in [1.29, 1.82) is 0 Å². The predicted molar refractivity (Wildman–Crippen MR) is 58.6 cm³/mol. The summed E-state index contributed by atoms with van der Waals surface area (Å²) in [5.74, 6) is 1.50. The van der Waals surface area contributed by atoms with Crippen molar-refractivity contribution < 1.29 is 13.9 Å². The molecule has 2 heterocycles. The van der Waals surface area contributed by atoms with E-state index in [1.165, 1.54) is 0 Å². The van der Waals surface area contributed by atoms with Crippen LogP contribution in [0.4, 0.5) is 12.0 Å². The molecule has 2 aromatic rings. The van der Waals surface area contributed by atoms with E-state index < -0.39 is 0 Å². The topological polar surface area (TPSA) is 95.4 Å². The molecule has 7 nitrogen and oxygen atoms in total. The zero-order valence-electron chi connectivity index (χ0n) is 8.84. The van der Waals surface area contributed by atoms with Gasteiger partial charge in [-0.15, -0.1) is 0 Å². The van der Waals surface area contributed by atoms with Gasteiger partial charge in [0.1, 0.15) is 0 Å². The highest BCUT2D eigenvalue weighted by Gasteiger charge is 2.13. The molecule has 1 aliphatic heterocycles. The minimum atomic E-state index is 0.0400. The molecule has 0 atom stereocenters. The van der Waals surface area contributed by atoms with E-state index in [1.54, 1.807) is 0 Å². The zero-order chi connectivity index (χ0) is 11.7. The van der Waals surface area contributed by atoms with Gasteiger partial charge in [-0.3, -0.25) is 0 Å². The molecule has 3 N–H and O–H groups in total. The molecular formula is C10H10N4O3. The summed E-state index contributed by atoms with van der Waals surface area (Å²) in [6.07, 6.45) is 0. The molecule has 1 aliphatic rings. The number of aromatic nitrogens is 2. The first-order valence-corrected chi connectivity index (χ1v) is 5.02. The first kappa shape index (κ1) is 9.76. The van der Waals surface area contributed by atoms with Gasteiger partial charge in [0.05, 0.1) is 0 Å². The maximum Gasteiger partial charge on any atom is 0.317 e. The Balaban J connectivity index is 1.69. The lowest BCUT2D eigenvalue weighted by molar-refractivity contribution is 0.174. The Morgan fingerprint density at radius 3 is 2.94 bits per heavy atom. The normalized spacial score (nSPS) is 12.7. The number of anilines is 2. The number of ether oxygens (including phenoxy) is 2. The summed E-state index contributed by atoms with van der Waals surface area (Å²) >= 11 is 0. The molecule has 0 radical (unpaired) electrons. The molecular weight excluding hydrogens is 224 g/mol. The Bertz CT molecular complexity index is 540. The van der Waals surface area contributed by atoms with E-state index in [2.05, 4.69) is 15.5 Å². The average molecular weight is 234 g/mol. The van der Waals surface area contributed by atoms with Crippen molar-refractivity contribution in [2.75, 3.05) is 17.8 Å². The lowest BCUT2D eigenvalue weighted by Crippen LogP contribution is -1.99. The van der Waals surface area contributed by atoms with Crippen molar-refractivity contribution in [2.45, 2.75) is 6.54 Å². The number of hydrogen-bond acceptors (Lipinski definition) is 7. The van der Waals surface area contributed by atoms with Crippen molar-refractivity contribution in [3.63, 3.8) is 0 Å². The molecule has 0 bridgehead atoms. The highest BCUT2D eigenvalue weighted by atomic mass is 16.7. The number of hydrogen-bond donors (Lipinski definition) is 2. The highest BCUT2D eigenvalue weighted by Crippen LogP contribution is 2.32. The maximum absolute atomic E-state index is 5.30. The summed E-state index contributed by atoms with van der Waals surface area (Å²) in [5.41, 5.74) is 6.32. The van der Waals surface area contributed by atoms with Gasteiger partial charge in [0, 0.05) is 6.54 Å². The van der Waals surface area contributed by atoms with Crippen LogP contribution in [0, 0.1) is 0 Å². The van der Waals surface area contributed by atoms with Crippen LogP contribution in [0.15, 0.2) is 22.6 Å². The van der Waals surface area contributed by atoms with E-state index in [-0.39, 0.29) is 12.8 Å². The van der Waals surface area contributed by atoms with Crippen molar-refractivity contribution in [3.8, 4) is 11.5 Å². The molecule has 1 aromatic carbocycles. The van der Waals surface area contributed by atoms with Gasteiger partial charge in [-0.05, 0) is 17.7 Å². The third-order valence-corrected chi connectivity index (χ3v) is 2.32. The van der Waals surface area contributed by atoms with E-state index in [9.17, 15) is 0 Å². The minimum Gasteiger partial charge on any atom is -0.454 e. The Hall–Kier alpha value is -2.44. The molecule has 0 aliphatic carbocycles. The molecule has 0 fully saturated rings. The molecule has 1 aromatic heterocycles. The summed E-state index contributed by atoms with van der Waals surface area (Å²) in [7, 11) is 0. The van der Waals surface area contributed by atoms with E-state index in [0.717, 1.165) is 17.1 Å². The second-order valence-electron chi connectivity index (χ2n) is 3.49. The van der Waals surface area contributed by atoms with Crippen molar-refractivity contribution in [2.24, 2.45) is 0 Å². The molecule has 0 unspecified atom stereocenters. The Morgan fingerprint density at radius 2 is 2.12 bits per heavy atom. The second kappa shape index (κ2) is 3.85. The molecule has 0 spiro atoms. The molecule has 88 valence electrons. The number of fused-ring (bicyclic) bond motifs is 1. The van der Waals surface area contributed by atoms with Crippen LogP contribution in [0.1, 0.15) is 5.56 Å². The van der Waals surface area contributed by atoms with Crippen molar-refractivity contribution >= 4 is 12.0 Å². The van der Waals surface area contributed by atoms with Gasteiger partial charge in [0.25, 0.3) is 0 Å². The number of nitrogen functional groups attached to an aromatic ring is 1. The van der Waals surface area contributed by atoms with Crippen molar-refractivity contribution in [1.82, 2.24) is 10.2 Å². The number of rotatable bonds is 3. The first-order chi connectivity index (χ1) is 8.31. The molecule has 0 amide bonds. The summed E-state index contributed by atoms with van der Waals surface area (Å²) < 4.78 is 15.5. The summed E-state index contributed by atoms with van der Waals surface area (Å²) in [4.78, 5) is 0. The van der Waals surface area contributed by atoms with Crippen LogP contribution in [0.25, 0.3) is 0 Å². The van der Waals surface area contributed by atoms with E-state index in [1.807, 2.05) is 18.2 Å². The van der Waals surface area contributed by atoms with Crippen LogP contribution < -0.4 is 20.5 Å². The predicted octanol–water partition coefficient (Wildman–Crippen LogP) is 0.993. The van der Waals surface area contributed by atoms with Crippen LogP contribution >= 0.6 is 0 Å². The largest absolute Gasteiger partial charge is 0.454 e. The first-order valence-electron chi connectivity index (χ1n) is 5.02. The van der Waals surface area contributed by atoms with Crippen LogP contribution in [0.3, 0.4) is 0 Å². The zero-order valence-corrected chi connectivity index (χ0v) is 8.84. The lowest BCUT2D eigenvalue weighted by Gasteiger charge is -2.02. The van der Waals surface area contributed by atoms with Gasteiger partial charge in [0.2, 0.25) is 6.79 Å². The van der Waals surface area contributed by atoms with Crippen LogP contribution in [-0.2, 0) is 6.54 Å². The summed E-state index contributed by atoms with van der Waals surface area (Å²) in [6, 6.07) is 6.02. The fourth-order valence-corrected chi connectivity index (χ4v) is 1.53. The van der Waals surface area contributed by atoms with Gasteiger partial charge in [-0.2, -0.15) is 0 Å². The highest BCUT2D eigenvalue weighted by molar-refractivity contribution is 5.45. The van der Waals surface area contributed by atoms with Crippen LogP contribution in [-0.4, -0.2) is 17.0 Å². The fraction of sp³-hybridized carbons (Fsp3) is 0.200. The lowest BCUT2D eigenvalue weighted by atomic mass is 10.2. The molecule has 3 rings (SSSR count). The standard InChI is InChI=1S/C10H10N4O3/c11-9-13-14-10(17-9)12-4-6-1-2-7-8(3-6)16-5-15-7/h1-3H,4-5H2,(H2,11,13)(H,12,14). The number of nitrogens with one attached hydrogen (secondary N) is 1. The smallest absolute Gasteiger partial charge is 0.317 e. The number of nitrogens with two attached hydrogens (primary N) is 1. The van der Waals surface area contributed by atoms with Gasteiger partial charge in [-0.1, -0.05) is 16.3 Å². The van der Waals surface area contributed by atoms with Gasteiger partial charge in [0.15, 0.2) is 11.5 Å². The van der Waals surface area contributed by atoms with Crippen LogP contribution in [0.5, 0.6) is 11.5 Å².